The van der Waals surface area contributed by atoms with E-state index in [9.17, 15) is 39.0 Å². The van der Waals surface area contributed by atoms with Gasteiger partial charge in [-0.3, -0.25) is 19.2 Å². The molecule has 13 heteroatoms. The summed E-state index contributed by atoms with van der Waals surface area (Å²) in [4.78, 5) is 67.7. The molecule has 1 radical (unpaired) electrons. The quantitative estimate of drug-likeness (QED) is 0.0399. The van der Waals surface area contributed by atoms with E-state index < -0.39 is 48.8 Å². The number of hydrogen-bond acceptors (Lipinski definition) is 10. The zero-order valence-electron chi connectivity index (χ0n) is 34.8. The van der Waals surface area contributed by atoms with E-state index in [-0.39, 0.29) is 41.7 Å². The van der Waals surface area contributed by atoms with Gasteiger partial charge >= 0.3 is 29.0 Å². The molecule has 0 saturated heterocycles. The summed E-state index contributed by atoms with van der Waals surface area (Å²) in [7, 11) is 2.34. The molecule has 0 aromatic heterocycles. The number of unbranched alkanes of at least 4 members (excludes halogenated alkanes) is 24. The van der Waals surface area contributed by atoms with E-state index >= 15 is 0 Å². The summed E-state index contributed by atoms with van der Waals surface area (Å²) in [6.45, 7) is 4.48. The first kappa shape index (κ1) is 56.7. The predicted molar refractivity (Wildman–Crippen MR) is 208 cm³/mol. The second-order valence-electron chi connectivity index (χ2n) is 14.4. The van der Waals surface area contributed by atoms with Crippen molar-refractivity contribution in [1.29, 1.82) is 0 Å². The maximum Gasteiger partial charge on any atom is 2.00 e. The second-order valence-corrected chi connectivity index (χ2v) is 14.4. The van der Waals surface area contributed by atoms with Gasteiger partial charge in [0.1, 0.15) is 0 Å². The molecule has 0 aromatic carbocycles. The van der Waals surface area contributed by atoms with Gasteiger partial charge in [0.05, 0.1) is 51.1 Å². The van der Waals surface area contributed by atoms with Crippen molar-refractivity contribution in [2.75, 3.05) is 14.2 Å². The van der Waals surface area contributed by atoms with Gasteiger partial charge in [-0.1, -0.05) is 168 Å². The number of methoxy groups -OCH3 is 2. The summed E-state index contributed by atoms with van der Waals surface area (Å²) in [5, 5.41) is 26.5. The first-order valence-corrected chi connectivity index (χ1v) is 21.2. The Kier molecular flexibility index (Phi) is 43.8. The Morgan fingerprint density at radius 1 is 0.418 bits per heavy atom. The minimum atomic E-state index is -1.47. The number of esters is 2. The maximum atomic E-state index is 11.8. The Balaban J connectivity index is -0.000000966. The van der Waals surface area contributed by atoms with Crippen LogP contribution in [-0.4, -0.2) is 62.0 Å². The van der Waals surface area contributed by atoms with Crippen LogP contribution in [0, 0.1) is 0 Å². The van der Waals surface area contributed by atoms with Crippen LogP contribution in [0.5, 0.6) is 0 Å². The van der Waals surface area contributed by atoms with Crippen LogP contribution in [0.2, 0.25) is 0 Å². The van der Waals surface area contributed by atoms with Crippen molar-refractivity contribution in [2.45, 2.75) is 219 Å². The monoisotopic (exact) mass is 831 g/mol. The largest absolute Gasteiger partial charge is 2.00 e. The number of hydrogen-bond donors (Lipinski definition) is 2. The van der Waals surface area contributed by atoms with Crippen LogP contribution < -0.4 is 20.8 Å². The van der Waals surface area contributed by atoms with Crippen molar-refractivity contribution >= 4 is 35.7 Å². The van der Waals surface area contributed by atoms with E-state index in [1.54, 1.807) is 0 Å². The van der Waals surface area contributed by atoms with E-state index in [1.807, 2.05) is 0 Å². The zero-order valence-corrected chi connectivity index (χ0v) is 35.7. The molecule has 0 unspecified atom stereocenters. The number of ether oxygens (including phenoxy) is 2. The van der Waals surface area contributed by atoms with Crippen molar-refractivity contribution in [3.8, 4) is 0 Å². The molecule has 55 heavy (non-hydrogen) atoms. The van der Waals surface area contributed by atoms with E-state index in [0.717, 1.165) is 38.5 Å². The molecular formula is C42H76CuN2O10. The summed E-state index contributed by atoms with van der Waals surface area (Å²) in [6, 6.07) is -2.65. The van der Waals surface area contributed by atoms with Gasteiger partial charge in [0, 0.05) is 12.8 Å². The average molecular weight is 833 g/mol. The SMILES string of the molecule is CCCCCCCCCCCCCCCC(=O)N[C@@H](CC(=O)OC)C(=O)[O-].CCCCCCCCCCCCCCCC(=O)N[C@@H](CC(=O)OC)C(=O)[O-].[Cu+2]. The molecule has 0 aliphatic carbocycles. The normalized spacial score (nSPS) is 11.6. The van der Waals surface area contributed by atoms with Gasteiger partial charge in [-0.15, -0.1) is 0 Å². The summed E-state index contributed by atoms with van der Waals surface area (Å²) in [5.41, 5.74) is 0. The minimum Gasteiger partial charge on any atom is -0.548 e. The fourth-order valence-corrected chi connectivity index (χ4v) is 6.03. The fraction of sp³-hybridized carbons (Fsp3) is 0.857. The van der Waals surface area contributed by atoms with Crippen LogP contribution in [0.3, 0.4) is 0 Å². The van der Waals surface area contributed by atoms with Crippen LogP contribution in [0.1, 0.15) is 206 Å². The van der Waals surface area contributed by atoms with Crippen molar-refractivity contribution in [3.05, 3.63) is 0 Å². The smallest absolute Gasteiger partial charge is 0.548 e. The zero-order chi connectivity index (χ0) is 40.7. The average Bonchev–Trinajstić information content (AvgIpc) is 3.14. The number of nitrogens with one attached hydrogen (secondary N) is 2. The molecule has 2 atom stereocenters. The first-order chi connectivity index (χ1) is 26.0. The number of carboxylic acids is 2. The molecule has 0 aliphatic rings. The van der Waals surface area contributed by atoms with Crippen molar-refractivity contribution in [1.82, 2.24) is 10.6 Å². The summed E-state index contributed by atoms with van der Waals surface area (Å²) < 4.78 is 8.83. The molecule has 12 nitrogen and oxygen atoms in total. The van der Waals surface area contributed by atoms with E-state index in [0.29, 0.717) is 0 Å². The third-order valence-electron chi connectivity index (χ3n) is 9.45. The van der Waals surface area contributed by atoms with Gasteiger partial charge in [0.2, 0.25) is 11.8 Å². The Morgan fingerprint density at radius 3 is 0.836 bits per heavy atom. The predicted octanol–water partition coefficient (Wildman–Crippen LogP) is 6.53. The van der Waals surface area contributed by atoms with Gasteiger partial charge in [-0.25, -0.2) is 0 Å². The third kappa shape index (κ3) is 40.8. The van der Waals surface area contributed by atoms with Crippen LogP contribution in [0.25, 0.3) is 0 Å². The molecule has 0 heterocycles. The minimum absolute atomic E-state index is 0. The molecule has 0 rings (SSSR count). The van der Waals surface area contributed by atoms with E-state index in [1.165, 1.54) is 143 Å². The Bertz CT molecular complexity index is 906. The summed E-state index contributed by atoms with van der Waals surface area (Å²) in [6.07, 6.45) is 31.5. The Hall–Kier alpha value is -2.66. The number of rotatable bonds is 36. The molecular weight excluding hydrogens is 756 g/mol. The fourth-order valence-electron chi connectivity index (χ4n) is 6.03. The van der Waals surface area contributed by atoms with E-state index in [2.05, 4.69) is 34.0 Å². The number of carbonyl (C=O) groups excluding carboxylic acids is 6. The first-order valence-electron chi connectivity index (χ1n) is 21.2. The molecule has 0 spiro atoms. The third-order valence-corrected chi connectivity index (χ3v) is 9.45. The van der Waals surface area contributed by atoms with Gasteiger partial charge in [0.15, 0.2) is 0 Å². The van der Waals surface area contributed by atoms with E-state index in [4.69, 9.17) is 0 Å². The Morgan fingerprint density at radius 2 is 0.636 bits per heavy atom. The van der Waals surface area contributed by atoms with Gasteiger partial charge in [-0.05, 0) is 12.8 Å². The summed E-state index contributed by atoms with van der Waals surface area (Å²) >= 11 is 0. The molecule has 0 saturated carbocycles. The van der Waals surface area contributed by atoms with Crippen LogP contribution in [-0.2, 0) is 55.3 Å². The number of carbonyl (C=O) groups is 6. The Labute approximate surface area is 343 Å². The van der Waals surface area contributed by atoms with Gasteiger partial charge in [-0.2, -0.15) is 0 Å². The van der Waals surface area contributed by atoms with Crippen LogP contribution in [0.15, 0.2) is 0 Å². The number of amides is 2. The molecule has 0 aliphatic heterocycles. The molecule has 0 fully saturated rings. The molecule has 2 amide bonds. The van der Waals surface area contributed by atoms with Crippen LogP contribution in [0.4, 0.5) is 0 Å². The van der Waals surface area contributed by atoms with Crippen molar-refractivity contribution < 1.29 is 65.5 Å². The maximum absolute atomic E-state index is 11.8. The van der Waals surface area contributed by atoms with Gasteiger partial charge in [0.25, 0.3) is 0 Å². The van der Waals surface area contributed by atoms with Crippen molar-refractivity contribution in [3.63, 3.8) is 0 Å². The summed E-state index contributed by atoms with van der Waals surface area (Å²) in [5.74, 6) is -5.05. The second kappa shape index (κ2) is 42.5. The van der Waals surface area contributed by atoms with Crippen molar-refractivity contribution in [2.24, 2.45) is 0 Å². The molecule has 0 aromatic rings. The number of aliphatic carboxylic acids is 2. The van der Waals surface area contributed by atoms with Crippen LogP contribution >= 0.6 is 0 Å². The van der Waals surface area contributed by atoms with Gasteiger partial charge < -0.3 is 39.9 Å². The molecule has 0 bridgehead atoms. The molecule has 325 valence electrons. The topological polar surface area (TPSA) is 191 Å². The standard InChI is InChI=1S/2C21H39NO5.Cu/c2*1-3-4-5-6-7-8-9-10-11-12-13-14-15-16-19(23)22-18(21(25)26)17-20(24)27-2;/h2*18H,3-17H2,1-2H3,(H,22,23)(H,25,26);/q;;+2/p-2/t2*18-;/m00./s1. The number of carboxylic acid groups (broad SMARTS) is 2. The molecule has 2 N–H and O–H groups in total.